The van der Waals surface area contributed by atoms with Gasteiger partial charge in [-0.25, -0.2) is 4.79 Å². The van der Waals surface area contributed by atoms with E-state index in [0.29, 0.717) is 39.4 Å². The standard InChI is InChI=1S/C9H16N2O3/c1-9(13)6-11(7-9)8(12)10-2-4-14-5-3-10/h13H,2-7H2,1H3. The lowest BCUT2D eigenvalue weighted by atomic mass is 9.98. The maximum Gasteiger partial charge on any atom is 0.320 e. The molecule has 2 rings (SSSR count). The molecule has 14 heavy (non-hydrogen) atoms. The number of morpholine rings is 1. The molecule has 1 N–H and O–H groups in total. The zero-order valence-corrected chi connectivity index (χ0v) is 8.40. The Balaban J connectivity index is 1.84. The number of hydrogen-bond donors (Lipinski definition) is 1. The van der Waals surface area contributed by atoms with Gasteiger partial charge in [0.15, 0.2) is 0 Å². The summed E-state index contributed by atoms with van der Waals surface area (Å²) in [6.07, 6.45) is 0. The third-order valence-electron chi connectivity index (χ3n) is 2.62. The minimum absolute atomic E-state index is 0.0276. The first-order chi connectivity index (χ1) is 6.58. The molecule has 2 heterocycles. The number of likely N-dealkylation sites (tertiary alicyclic amines) is 1. The van der Waals surface area contributed by atoms with Crippen LogP contribution in [-0.2, 0) is 4.74 Å². The number of ether oxygens (including phenoxy) is 1. The van der Waals surface area contributed by atoms with Gasteiger partial charge >= 0.3 is 6.03 Å². The number of β-amino-alcohol motifs (C(OH)–C–C–N with tert-alkyl or cyclic N) is 1. The van der Waals surface area contributed by atoms with Crippen molar-refractivity contribution in [1.82, 2.24) is 9.80 Å². The molecule has 5 nitrogen and oxygen atoms in total. The minimum Gasteiger partial charge on any atom is -0.386 e. The van der Waals surface area contributed by atoms with Crippen LogP contribution in [0.5, 0.6) is 0 Å². The molecule has 0 unspecified atom stereocenters. The third-order valence-corrected chi connectivity index (χ3v) is 2.62. The maximum absolute atomic E-state index is 11.8. The van der Waals surface area contributed by atoms with Crippen LogP contribution in [0.15, 0.2) is 0 Å². The highest BCUT2D eigenvalue weighted by Crippen LogP contribution is 2.21. The molecule has 0 spiro atoms. The van der Waals surface area contributed by atoms with Gasteiger partial charge in [-0.1, -0.05) is 0 Å². The summed E-state index contributed by atoms with van der Waals surface area (Å²) in [6.45, 7) is 5.21. The fourth-order valence-electron chi connectivity index (χ4n) is 1.87. The lowest BCUT2D eigenvalue weighted by Gasteiger charge is -2.46. The Morgan fingerprint density at radius 2 is 1.86 bits per heavy atom. The minimum atomic E-state index is -0.679. The van der Waals surface area contributed by atoms with E-state index in [1.807, 2.05) is 0 Å². The van der Waals surface area contributed by atoms with Crippen LogP contribution in [-0.4, -0.2) is 65.9 Å². The van der Waals surface area contributed by atoms with Crippen molar-refractivity contribution >= 4 is 6.03 Å². The van der Waals surface area contributed by atoms with E-state index in [9.17, 15) is 9.90 Å². The number of carbonyl (C=O) groups is 1. The Kier molecular flexibility index (Phi) is 2.36. The smallest absolute Gasteiger partial charge is 0.320 e. The van der Waals surface area contributed by atoms with Gasteiger partial charge in [0.1, 0.15) is 0 Å². The molecule has 5 heteroatoms. The van der Waals surface area contributed by atoms with Gasteiger partial charge in [0.05, 0.1) is 31.9 Å². The van der Waals surface area contributed by atoms with Crippen molar-refractivity contribution in [2.45, 2.75) is 12.5 Å². The van der Waals surface area contributed by atoms with Gasteiger partial charge in [-0.3, -0.25) is 0 Å². The van der Waals surface area contributed by atoms with E-state index in [1.54, 1.807) is 16.7 Å². The fraction of sp³-hybridized carbons (Fsp3) is 0.889. The monoisotopic (exact) mass is 200 g/mol. The maximum atomic E-state index is 11.8. The van der Waals surface area contributed by atoms with E-state index >= 15 is 0 Å². The highest BCUT2D eigenvalue weighted by atomic mass is 16.5. The van der Waals surface area contributed by atoms with Gasteiger partial charge in [-0.2, -0.15) is 0 Å². The Morgan fingerprint density at radius 3 is 2.36 bits per heavy atom. The Labute approximate surface area is 83.2 Å². The average Bonchev–Trinajstić information content (AvgIpc) is 2.14. The van der Waals surface area contributed by atoms with E-state index < -0.39 is 5.60 Å². The quantitative estimate of drug-likeness (QED) is 0.574. The largest absolute Gasteiger partial charge is 0.386 e. The second-order valence-corrected chi connectivity index (χ2v) is 4.23. The van der Waals surface area contributed by atoms with Crippen LogP contribution in [0, 0.1) is 0 Å². The summed E-state index contributed by atoms with van der Waals surface area (Å²) < 4.78 is 5.16. The van der Waals surface area contributed by atoms with Crippen LogP contribution >= 0.6 is 0 Å². The molecule has 0 aromatic carbocycles. The number of urea groups is 1. The average molecular weight is 200 g/mol. The molecule has 0 saturated carbocycles. The van der Waals surface area contributed by atoms with Crippen molar-refractivity contribution in [3.63, 3.8) is 0 Å². The molecule has 0 aliphatic carbocycles. The van der Waals surface area contributed by atoms with Gasteiger partial charge in [-0.15, -0.1) is 0 Å². The van der Waals surface area contributed by atoms with E-state index in [0.717, 1.165) is 0 Å². The molecule has 0 bridgehead atoms. The van der Waals surface area contributed by atoms with Crippen LogP contribution in [0.25, 0.3) is 0 Å². The molecular formula is C9H16N2O3. The van der Waals surface area contributed by atoms with Crippen molar-refractivity contribution in [1.29, 1.82) is 0 Å². The summed E-state index contributed by atoms with van der Waals surface area (Å²) in [4.78, 5) is 15.2. The molecule has 0 radical (unpaired) electrons. The summed E-state index contributed by atoms with van der Waals surface area (Å²) in [5, 5.41) is 9.49. The van der Waals surface area contributed by atoms with Crippen LogP contribution in [0.2, 0.25) is 0 Å². The van der Waals surface area contributed by atoms with Crippen molar-refractivity contribution in [3.8, 4) is 0 Å². The summed E-state index contributed by atoms with van der Waals surface area (Å²) in [5.41, 5.74) is -0.679. The highest BCUT2D eigenvalue weighted by molar-refractivity contribution is 5.75. The second-order valence-electron chi connectivity index (χ2n) is 4.23. The molecule has 2 aliphatic rings. The van der Waals surface area contributed by atoms with Crippen LogP contribution in [0.4, 0.5) is 4.79 Å². The Bertz CT molecular complexity index is 228. The molecule has 80 valence electrons. The number of nitrogens with zero attached hydrogens (tertiary/aromatic N) is 2. The van der Waals surface area contributed by atoms with Crippen LogP contribution in [0.1, 0.15) is 6.92 Å². The van der Waals surface area contributed by atoms with E-state index in [2.05, 4.69) is 0 Å². The van der Waals surface area contributed by atoms with Gasteiger partial charge in [0.2, 0.25) is 0 Å². The summed E-state index contributed by atoms with van der Waals surface area (Å²) in [7, 11) is 0. The first-order valence-electron chi connectivity index (χ1n) is 4.92. The summed E-state index contributed by atoms with van der Waals surface area (Å²) in [6, 6.07) is 0.0276. The summed E-state index contributed by atoms with van der Waals surface area (Å²) >= 11 is 0. The topological polar surface area (TPSA) is 53.0 Å². The highest BCUT2D eigenvalue weighted by Gasteiger charge is 2.41. The first kappa shape index (κ1) is 9.73. The Hall–Kier alpha value is -0.810. The van der Waals surface area contributed by atoms with Crippen molar-refractivity contribution in [2.75, 3.05) is 39.4 Å². The first-order valence-corrected chi connectivity index (χ1v) is 4.92. The normalized spacial score (nSPS) is 25.9. The molecular weight excluding hydrogens is 184 g/mol. The Morgan fingerprint density at radius 1 is 1.29 bits per heavy atom. The van der Waals surface area contributed by atoms with Crippen molar-refractivity contribution in [3.05, 3.63) is 0 Å². The van der Waals surface area contributed by atoms with Crippen LogP contribution < -0.4 is 0 Å². The van der Waals surface area contributed by atoms with E-state index in [4.69, 9.17) is 4.74 Å². The van der Waals surface area contributed by atoms with Crippen molar-refractivity contribution < 1.29 is 14.6 Å². The number of hydrogen-bond acceptors (Lipinski definition) is 3. The SMILES string of the molecule is CC1(O)CN(C(=O)N2CCOCC2)C1. The van der Waals surface area contributed by atoms with Gasteiger partial charge in [-0.05, 0) is 6.92 Å². The molecule has 2 aliphatic heterocycles. The number of rotatable bonds is 0. The molecule has 0 aromatic rings. The lowest BCUT2D eigenvalue weighted by Crippen LogP contribution is -2.65. The second kappa shape index (κ2) is 3.40. The number of aliphatic hydroxyl groups is 1. The third kappa shape index (κ3) is 1.83. The molecule has 2 saturated heterocycles. The lowest BCUT2D eigenvalue weighted by molar-refractivity contribution is -0.0705. The fourth-order valence-corrected chi connectivity index (χ4v) is 1.87. The molecule has 0 atom stereocenters. The van der Waals surface area contributed by atoms with E-state index in [1.165, 1.54) is 0 Å². The molecule has 0 aromatic heterocycles. The predicted octanol–water partition coefficient (Wildman–Crippen LogP) is -0.495. The number of amides is 2. The van der Waals surface area contributed by atoms with E-state index in [-0.39, 0.29) is 6.03 Å². The predicted molar refractivity (Wildman–Crippen MR) is 50.0 cm³/mol. The zero-order chi connectivity index (χ0) is 10.2. The van der Waals surface area contributed by atoms with Gasteiger partial charge in [0, 0.05) is 13.1 Å². The summed E-state index contributed by atoms with van der Waals surface area (Å²) in [5.74, 6) is 0. The zero-order valence-electron chi connectivity index (χ0n) is 8.40. The van der Waals surface area contributed by atoms with Gasteiger partial charge < -0.3 is 19.6 Å². The van der Waals surface area contributed by atoms with Gasteiger partial charge in [0.25, 0.3) is 0 Å². The molecule has 2 fully saturated rings. The number of carbonyl (C=O) groups excluding carboxylic acids is 1. The van der Waals surface area contributed by atoms with Crippen molar-refractivity contribution in [2.24, 2.45) is 0 Å². The van der Waals surface area contributed by atoms with Crippen LogP contribution in [0.3, 0.4) is 0 Å². The molecule has 2 amide bonds.